The second-order valence-electron chi connectivity index (χ2n) is 8.54. The van der Waals surface area contributed by atoms with Crippen molar-refractivity contribution < 1.29 is 50.1 Å². The fourth-order valence-electron chi connectivity index (χ4n) is 3.39. The number of hydrogen-bond donors (Lipinski definition) is 7. The molecule has 0 aliphatic carbocycles. The lowest BCUT2D eigenvalue weighted by Crippen LogP contribution is -2.50. The lowest BCUT2D eigenvalue weighted by Gasteiger charge is -2.32. The van der Waals surface area contributed by atoms with E-state index in [4.69, 9.17) is 5.11 Å². The van der Waals surface area contributed by atoms with Crippen molar-refractivity contribution in [1.82, 2.24) is 4.90 Å². The summed E-state index contributed by atoms with van der Waals surface area (Å²) in [5.41, 5.74) is 0.612. The molecule has 0 aliphatic rings. The molecular formula is C22H32I3N3O10. The van der Waals surface area contributed by atoms with E-state index < -0.39 is 62.1 Å². The molecule has 1 aromatic rings. The van der Waals surface area contributed by atoms with E-state index in [2.05, 4.69) is 0 Å². The van der Waals surface area contributed by atoms with Crippen molar-refractivity contribution in [3.63, 3.8) is 0 Å². The van der Waals surface area contributed by atoms with Crippen molar-refractivity contribution in [2.75, 3.05) is 50.2 Å². The van der Waals surface area contributed by atoms with Crippen LogP contribution in [0.5, 0.6) is 0 Å². The maximum atomic E-state index is 13.7. The summed E-state index contributed by atoms with van der Waals surface area (Å²) in [6, 6.07) is 0. The van der Waals surface area contributed by atoms with Crippen molar-refractivity contribution in [1.29, 1.82) is 0 Å². The monoisotopic (exact) mass is 879 g/mol. The molecule has 0 spiro atoms. The number of nitrogens with zero attached hydrogens (tertiary/aromatic N) is 3. The predicted octanol–water partition coefficient (Wildman–Crippen LogP) is -1.30. The number of halogens is 3. The minimum atomic E-state index is -1.88. The molecule has 13 nitrogen and oxygen atoms in total. The summed E-state index contributed by atoms with van der Waals surface area (Å²) >= 11 is 5.70. The van der Waals surface area contributed by atoms with Crippen LogP contribution >= 0.6 is 67.8 Å². The van der Waals surface area contributed by atoms with Crippen LogP contribution in [0.2, 0.25) is 0 Å². The number of likely N-dealkylation sites (N-methyl/N-ethyl adjacent to an activating group) is 1. The summed E-state index contributed by atoms with van der Waals surface area (Å²) in [6.07, 6.45) is -8.45. The van der Waals surface area contributed by atoms with Crippen LogP contribution < -0.4 is 9.80 Å². The summed E-state index contributed by atoms with van der Waals surface area (Å²) < 4.78 is 1.08. The lowest BCUT2D eigenvalue weighted by atomic mass is 10.0. The zero-order valence-electron chi connectivity index (χ0n) is 21.0. The standard InChI is InChI=1S/C22H32I3N3O10/c1-9(31)27(4)18-15(23)14(16(24)19(17(18)25)28(10(2)32)5-11(33)7-29)22(38)26(3)6-12(34)20(36)21(37)13(35)8-30/h11-13,20-21,29-30,33-37H,5-8H2,1-4H3/t11?,12-,13+,20+,21+/m0/s1. The number of aliphatic hydroxyl groups excluding tert-OH is 7. The van der Waals surface area contributed by atoms with Gasteiger partial charge in [0.15, 0.2) is 0 Å². The van der Waals surface area contributed by atoms with Gasteiger partial charge in [-0.15, -0.1) is 0 Å². The summed E-state index contributed by atoms with van der Waals surface area (Å²) in [4.78, 5) is 42.1. The zero-order chi connectivity index (χ0) is 29.6. The fourth-order valence-corrected chi connectivity index (χ4v) is 8.32. The van der Waals surface area contributed by atoms with Crippen LogP contribution in [0.3, 0.4) is 0 Å². The third-order valence-electron chi connectivity index (χ3n) is 5.68. The van der Waals surface area contributed by atoms with Crippen LogP contribution in [0.1, 0.15) is 24.2 Å². The number of anilines is 2. The first kappa shape index (κ1) is 35.6. The molecule has 1 unspecified atom stereocenters. The Morgan fingerprint density at radius 2 is 1.24 bits per heavy atom. The Balaban J connectivity index is 3.71. The molecule has 0 radical (unpaired) electrons. The van der Waals surface area contributed by atoms with Crippen LogP contribution in [0.25, 0.3) is 0 Å². The van der Waals surface area contributed by atoms with E-state index in [1.165, 1.54) is 37.7 Å². The van der Waals surface area contributed by atoms with Gasteiger partial charge in [-0.1, -0.05) is 0 Å². The molecule has 0 fully saturated rings. The first-order chi connectivity index (χ1) is 17.5. The van der Waals surface area contributed by atoms with Crippen LogP contribution in [-0.4, -0.2) is 129 Å². The smallest absolute Gasteiger partial charge is 0.256 e. The highest BCUT2D eigenvalue weighted by molar-refractivity contribution is 14.1. The summed E-state index contributed by atoms with van der Waals surface area (Å²) in [5.74, 6) is -1.52. The van der Waals surface area contributed by atoms with Crippen LogP contribution in [0, 0.1) is 10.7 Å². The van der Waals surface area contributed by atoms with Gasteiger partial charge in [-0.2, -0.15) is 0 Å². The molecule has 5 atom stereocenters. The number of hydrogen-bond acceptors (Lipinski definition) is 10. The van der Waals surface area contributed by atoms with Gasteiger partial charge in [-0.05, 0) is 67.8 Å². The van der Waals surface area contributed by atoms with Crippen LogP contribution in [0.4, 0.5) is 11.4 Å². The van der Waals surface area contributed by atoms with E-state index in [9.17, 15) is 45.0 Å². The molecule has 0 aliphatic heterocycles. The second-order valence-corrected chi connectivity index (χ2v) is 11.8. The first-order valence-corrected chi connectivity index (χ1v) is 14.4. The molecule has 7 N–H and O–H groups in total. The molecule has 0 saturated heterocycles. The summed E-state index contributed by atoms with van der Waals surface area (Å²) in [6.45, 7) is 0.319. The van der Waals surface area contributed by atoms with E-state index in [0.717, 1.165) is 4.90 Å². The molecular weight excluding hydrogens is 847 g/mol. The number of amides is 3. The summed E-state index contributed by atoms with van der Waals surface area (Å²) in [5, 5.41) is 68.4. The van der Waals surface area contributed by atoms with Crippen LogP contribution in [-0.2, 0) is 9.59 Å². The second kappa shape index (κ2) is 15.5. The topological polar surface area (TPSA) is 203 Å². The van der Waals surface area contributed by atoms with Crippen molar-refractivity contribution in [3.8, 4) is 0 Å². The maximum Gasteiger partial charge on any atom is 0.256 e. The van der Waals surface area contributed by atoms with Gasteiger partial charge in [0, 0.05) is 34.5 Å². The Morgan fingerprint density at radius 3 is 1.68 bits per heavy atom. The van der Waals surface area contributed by atoms with E-state index in [0.29, 0.717) is 16.4 Å². The number of carbonyl (C=O) groups is 3. The Bertz CT molecular complexity index is 1030. The quantitative estimate of drug-likeness (QED) is 0.124. The molecule has 0 heterocycles. The normalized spacial score (nSPS) is 15.3. The number of aliphatic hydroxyl groups is 7. The maximum absolute atomic E-state index is 13.7. The Hall–Kier alpha value is -0.460. The molecule has 16 heteroatoms. The molecule has 0 saturated carbocycles. The molecule has 1 aromatic carbocycles. The molecule has 0 bridgehead atoms. The van der Waals surface area contributed by atoms with E-state index in [-0.39, 0.29) is 23.7 Å². The third-order valence-corrected chi connectivity index (χ3v) is 8.80. The molecule has 38 heavy (non-hydrogen) atoms. The van der Waals surface area contributed by atoms with Crippen molar-refractivity contribution >= 4 is 96.9 Å². The fraction of sp³-hybridized carbons (Fsp3) is 0.591. The molecule has 3 amide bonds. The largest absolute Gasteiger partial charge is 0.394 e. The average Bonchev–Trinajstić information content (AvgIpc) is 2.85. The molecule has 1 rings (SSSR count). The predicted molar refractivity (Wildman–Crippen MR) is 163 cm³/mol. The Morgan fingerprint density at radius 1 is 0.737 bits per heavy atom. The minimum Gasteiger partial charge on any atom is -0.394 e. The number of benzene rings is 1. The van der Waals surface area contributed by atoms with Gasteiger partial charge in [0.1, 0.15) is 24.4 Å². The third kappa shape index (κ3) is 8.28. The van der Waals surface area contributed by atoms with Crippen molar-refractivity contribution in [2.45, 2.75) is 44.4 Å². The number of carbonyl (C=O) groups excluding carboxylic acids is 3. The minimum absolute atomic E-state index is 0.0644. The van der Waals surface area contributed by atoms with Gasteiger partial charge in [0.2, 0.25) is 11.8 Å². The summed E-state index contributed by atoms with van der Waals surface area (Å²) in [7, 11) is 2.81. The van der Waals surface area contributed by atoms with Crippen LogP contribution in [0.15, 0.2) is 0 Å². The van der Waals surface area contributed by atoms with Gasteiger partial charge in [0.05, 0.1) is 53.5 Å². The Labute approximate surface area is 260 Å². The Kier molecular flexibility index (Phi) is 14.5. The zero-order valence-corrected chi connectivity index (χ0v) is 27.5. The van der Waals surface area contributed by atoms with E-state index >= 15 is 0 Å². The molecule has 0 aromatic heterocycles. The highest BCUT2D eigenvalue weighted by Crippen LogP contribution is 2.42. The molecule has 216 valence electrons. The van der Waals surface area contributed by atoms with E-state index in [1.807, 2.05) is 67.8 Å². The SMILES string of the molecule is CC(=O)N(C)c1c(I)c(C(=O)N(C)C[C@H](O)[C@@H](O)[C@H](O)[C@H](O)CO)c(I)c(N(CC(O)CO)C(C)=O)c1I. The lowest BCUT2D eigenvalue weighted by molar-refractivity contribution is -0.117. The number of rotatable bonds is 12. The van der Waals surface area contributed by atoms with Gasteiger partial charge in [-0.25, -0.2) is 0 Å². The highest BCUT2D eigenvalue weighted by Gasteiger charge is 2.35. The van der Waals surface area contributed by atoms with Gasteiger partial charge in [-0.3, -0.25) is 14.4 Å². The van der Waals surface area contributed by atoms with Gasteiger partial charge in [0.25, 0.3) is 5.91 Å². The van der Waals surface area contributed by atoms with Gasteiger partial charge >= 0.3 is 0 Å². The average molecular weight is 879 g/mol. The van der Waals surface area contributed by atoms with E-state index in [1.54, 1.807) is 0 Å². The highest BCUT2D eigenvalue weighted by atomic mass is 127. The van der Waals surface area contributed by atoms with Crippen molar-refractivity contribution in [3.05, 3.63) is 16.3 Å². The van der Waals surface area contributed by atoms with Crippen molar-refractivity contribution in [2.24, 2.45) is 0 Å². The van der Waals surface area contributed by atoms with Gasteiger partial charge < -0.3 is 50.4 Å². The first-order valence-electron chi connectivity index (χ1n) is 11.1.